The predicted octanol–water partition coefficient (Wildman–Crippen LogP) is 8.64. The Labute approximate surface area is 197 Å². The lowest BCUT2D eigenvalue weighted by Crippen LogP contribution is -2.01. The molecule has 0 saturated heterocycles. The zero-order chi connectivity index (χ0) is 22.5. The second kappa shape index (κ2) is 8.13. The van der Waals surface area contributed by atoms with Crippen molar-refractivity contribution in [1.29, 1.82) is 0 Å². The van der Waals surface area contributed by atoms with E-state index in [1.54, 1.807) is 0 Å². The SMILES string of the molecule is Cc1cc2c(c(-c3ncc(C4CCCC4)c4cc(CC(C)C)ccc34)c1)Cc1ccccc1-2. The van der Waals surface area contributed by atoms with E-state index in [9.17, 15) is 0 Å². The van der Waals surface area contributed by atoms with Crippen molar-refractivity contribution in [2.75, 3.05) is 0 Å². The first-order valence-corrected chi connectivity index (χ1v) is 12.7. The highest BCUT2D eigenvalue weighted by Gasteiger charge is 2.25. The minimum absolute atomic E-state index is 0.663. The van der Waals surface area contributed by atoms with Gasteiger partial charge in [0.1, 0.15) is 0 Å². The van der Waals surface area contributed by atoms with E-state index in [0.717, 1.165) is 18.5 Å². The van der Waals surface area contributed by atoms with Crippen molar-refractivity contribution in [3.8, 4) is 22.4 Å². The third-order valence-corrected chi connectivity index (χ3v) is 7.75. The van der Waals surface area contributed by atoms with Crippen molar-refractivity contribution in [3.05, 3.63) is 88.6 Å². The quantitative estimate of drug-likeness (QED) is 0.277. The molecule has 1 heterocycles. The summed E-state index contributed by atoms with van der Waals surface area (Å²) in [5, 5.41) is 2.77. The van der Waals surface area contributed by atoms with Crippen LogP contribution in [0, 0.1) is 12.8 Å². The first kappa shape index (κ1) is 20.7. The molecule has 166 valence electrons. The van der Waals surface area contributed by atoms with E-state index < -0.39 is 0 Å². The molecule has 6 rings (SSSR count). The molecule has 0 radical (unpaired) electrons. The Morgan fingerprint density at radius 3 is 2.48 bits per heavy atom. The molecule has 33 heavy (non-hydrogen) atoms. The molecule has 1 nitrogen and oxygen atoms in total. The van der Waals surface area contributed by atoms with Crippen molar-refractivity contribution < 1.29 is 0 Å². The predicted molar refractivity (Wildman–Crippen MR) is 140 cm³/mol. The Morgan fingerprint density at radius 2 is 1.67 bits per heavy atom. The van der Waals surface area contributed by atoms with Gasteiger partial charge in [0, 0.05) is 17.1 Å². The third-order valence-electron chi connectivity index (χ3n) is 7.75. The van der Waals surface area contributed by atoms with Crippen molar-refractivity contribution in [2.45, 2.75) is 65.2 Å². The van der Waals surface area contributed by atoms with Crippen LogP contribution < -0.4 is 0 Å². The summed E-state index contributed by atoms with van der Waals surface area (Å²) in [5.74, 6) is 1.33. The summed E-state index contributed by atoms with van der Waals surface area (Å²) in [6.45, 7) is 6.85. The molecule has 0 amide bonds. The van der Waals surface area contributed by atoms with Gasteiger partial charge in [-0.25, -0.2) is 0 Å². The number of fused-ring (bicyclic) bond motifs is 4. The molecule has 2 aliphatic rings. The van der Waals surface area contributed by atoms with Gasteiger partial charge in [0.2, 0.25) is 0 Å². The van der Waals surface area contributed by atoms with Gasteiger partial charge in [-0.05, 0) is 94.8 Å². The monoisotopic (exact) mass is 431 g/mol. The molecule has 0 N–H and O–H groups in total. The Morgan fingerprint density at radius 1 is 0.879 bits per heavy atom. The van der Waals surface area contributed by atoms with E-state index in [1.807, 2.05) is 0 Å². The van der Waals surface area contributed by atoms with E-state index >= 15 is 0 Å². The van der Waals surface area contributed by atoms with Crippen LogP contribution in [-0.4, -0.2) is 4.98 Å². The van der Waals surface area contributed by atoms with Crippen LogP contribution in [0.25, 0.3) is 33.2 Å². The van der Waals surface area contributed by atoms with Gasteiger partial charge in [-0.2, -0.15) is 0 Å². The number of rotatable bonds is 4. The third kappa shape index (κ3) is 3.59. The molecule has 1 saturated carbocycles. The highest BCUT2D eigenvalue weighted by Crippen LogP contribution is 2.45. The molecule has 3 aromatic carbocycles. The number of aryl methyl sites for hydroxylation is 1. The zero-order valence-corrected chi connectivity index (χ0v) is 20.1. The van der Waals surface area contributed by atoms with Crippen LogP contribution >= 0.6 is 0 Å². The molecule has 1 aromatic heterocycles. The lowest BCUT2D eigenvalue weighted by atomic mass is 9.88. The minimum Gasteiger partial charge on any atom is -0.255 e. The maximum atomic E-state index is 5.19. The normalized spacial score (nSPS) is 15.4. The summed E-state index contributed by atoms with van der Waals surface area (Å²) in [4.78, 5) is 5.19. The van der Waals surface area contributed by atoms with E-state index in [4.69, 9.17) is 4.98 Å². The van der Waals surface area contributed by atoms with Crippen LogP contribution in [-0.2, 0) is 12.8 Å². The van der Waals surface area contributed by atoms with Crippen LogP contribution in [0.5, 0.6) is 0 Å². The average Bonchev–Trinajstić information content (AvgIpc) is 3.46. The molecule has 4 aromatic rings. The Kier molecular flexibility index (Phi) is 5.09. The smallest absolute Gasteiger partial charge is 0.0783 e. The highest BCUT2D eigenvalue weighted by molar-refractivity contribution is 5.99. The van der Waals surface area contributed by atoms with Crippen LogP contribution in [0.1, 0.15) is 73.3 Å². The van der Waals surface area contributed by atoms with Gasteiger partial charge >= 0.3 is 0 Å². The molecule has 2 aliphatic carbocycles. The largest absolute Gasteiger partial charge is 0.255 e. The molecule has 0 atom stereocenters. The molecule has 1 fully saturated rings. The summed E-state index contributed by atoms with van der Waals surface area (Å²) in [5.41, 5.74) is 12.4. The first-order valence-electron chi connectivity index (χ1n) is 12.7. The Hall–Kier alpha value is -2.93. The summed E-state index contributed by atoms with van der Waals surface area (Å²) < 4.78 is 0. The van der Waals surface area contributed by atoms with E-state index in [-0.39, 0.29) is 0 Å². The van der Waals surface area contributed by atoms with Crippen molar-refractivity contribution in [2.24, 2.45) is 5.92 Å². The first-order chi connectivity index (χ1) is 16.1. The summed E-state index contributed by atoms with van der Waals surface area (Å²) in [7, 11) is 0. The van der Waals surface area contributed by atoms with Gasteiger partial charge < -0.3 is 0 Å². The summed E-state index contributed by atoms with van der Waals surface area (Å²) >= 11 is 0. The number of hydrogen-bond acceptors (Lipinski definition) is 1. The van der Waals surface area contributed by atoms with Gasteiger partial charge in [-0.15, -0.1) is 0 Å². The molecule has 0 spiro atoms. The van der Waals surface area contributed by atoms with Gasteiger partial charge in [0.25, 0.3) is 0 Å². The van der Waals surface area contributed by atoms with E-state index in [1.165, 1.54) is 81.0 Å². The van der Waals surface area contributed by atoms with Crippen LogP contribution in [0.15, 0.2) is 60.8 Å². The van der Waals surface area contributed by atoms with Crippen molar-refractivity contribution in [3.63, 3.8) is 0 Å². The van der Waals surface area contributed by atoms with E-state index in [2.05, 4.69) is 81.6 Å². The van der Waals surface area contributed by atoms with Gasteiger partial charge in [0.15, 0.2) is 0 Å². The number of pyridine rings is 1. The Bertz CT molecular complexity index is 1350. The van der Waals surface area contributed by atoms with Crippen molar-refractivity contribution in [1.82, 2.24) is 4.98 Å². The van der Waals surface area contributed by atoms with Gasteiger partial charge in [0.05, 0.1) is 5.69 Å². The molecular weight excluding hydrogens is 398 g/mol. The van der Waals surface area contributed by atoms with Gasteiger partial charge in [-0.3, -0.25) is 4.98 Å². The maximum Gasteiger partial charge on any atom is 0.0783 e. The summed E-state index contributed by atoms with van der Waals surface area (Å²) in [6.07, 6.45) is 9.67. The highest BCUT2D eigenvalue weighted by atomic mass is 14.7. The lowest BCUT2D eigenvalue weighted by Gasteiger charge is -2.18. The molecule has 0 unspecified atom stereocenters. The number of hydrogen-bond donors (Lipinski definition) is 0. The van der Waals surface area contributed by atoms with Crippen LogP contribution in [0.3, 0.4) is 0 Å². The topological polar surface area (TPSA) is 12.9 Å². The fraction of sp³-hybridized carbons (Fsp3) is 0.344. The molecular formula is C32H33N. The molecule has 1 heteroatoms. The maximum absolute atomic E-state index is 5.19. The van der Waals surface area contributed by atoms with E-state index in [0.29, 0.717) is 11.8 Å². The fourth-order valence-corrected chi connectivity index (χ4v) is 6.27. The minimum atomic E-state index is 0.663. The number of aromatic nitrogens is 1. The standard InChI is InChI=1S/C32H33N/c1-20(2)14-22-12-13-26-28(17-22)31(23-8-4-5-9-23)19-33-32(26)30-16-21(3)15-27-25-11-7-6-10-24(25)18-29(27)30/h6-7,10-13,15-17,19-20,23H,4-5,8-9,14,18H2,1-3H3. The Balaban J connectivity index is 1.57. The molecule has 0 aliphatic heterocycles. The number of benzene rings is 3. The molecule has 0 bridgehead atoms. The second-order valence-electron chi connectivity index (χ2n) is 10.7. The lowest BCUT2D eigenvalue weighted by molar-refractivity contribution is 0.647. The fourth-order valence-electron chi connectivity index (χ4n) is 6.27. The summed E-state index contributed by atoms with van der Waals surface area (Å²) in [6, 6.07) is 20.8. The van der Waals surface area contributed by atoms with Crippen LogP contribution in [0.4, 0.5) is 0 Å². The van der Waals surface area contributed by atoms with Gasteiger partial charge in [-0.1, -0.05) is 75.2 Å². The zero-order valence-electron chi connectivity index (χ0n) is 20.1. The number of nitrogens with zero attached hydrogens (tertiary/aromatic N) is 1. The average molecular weight is 432 g/mol. The van der Waals surface area contributed by atoms with Crippen molar-refractivity contribution >= 4 is 10.8 Å². The van der Waals surface area contributed by atoms with Crippen LogP contribution in [0.2, 0.25) is 0 Å². The second-order valence-corrected chi connectivity index (χ2v) is 10.7.